The van der Waals surface area contributed by atoms with Crippen LogP contribution in [0.2, 0.25) is 0 Å². The average Bonchev–Trinajstić information content (AvgIpc) is 3.34. The number of hydrogen-bond donors (Lipinski definition) is 1. The first-order valence-electron chi connectivity index (χ1n) is 8.16. The van der Waals surface area contributed by atoms with Crippen LogP contribution in [-0.2, 0) is 0 Å². The van der Waals surface area contributed by atoms with E-state index in [9.17, 15) is 4.79 Å². The molecule has 126 valence electrons. The number of benzene rings is 1. The van der Waals surface area contributed by atoms with Gasteiger partial charge in [0, 0.05) is 24.0 Å². The molecule has 0 fully saturated rings. The lowest BCUT2D eigenvalue weighted by molar-refractivity contribution is 0.193. The van der Waals surface area contributed by atoms with Crippen LogP contribution in [0.1, 0.15) is 23.7 Å². The van der Waals surface area contributed by atoms with Crippen LogP contribution < -0.4 is 5.73 Å². The maximum Gasteiger partial charge on any atom is 0.335 e. The fraction of sp³-hybridized carbons (Fsp3) is 0.211. The molecule has 25 heavy (non-hydrogen) atoms. The minimum absolute atomic E-state index is 0.107. The van der Waals surface area contributed by atoms with Gasteiger partial charge in [-0.05, 0) is 6.92 Å². The number of allylic oxidation sites excluding steroid dienone is 4. The zero-order valence-corrected chi connectivity index (χ0v) is 13.8. The minimum Gasteiger partial charge on any atom is -0.356 e. The molecular weight excluding hydrogens is 316 g/mol. The second-order valence-corrected chi connectivity index (χ2v) is 6.27. The Morgan fingerprint density at radius 1 is 1.24 bits per heavy atom. The number of carbonyl (C=O) groups is 1. The van der Waals surface area contributed by atoms with Crippen LogP contribution in [0.15, 0.2) is 64.3 Å². The maximum atomic E-state index is 11.8. The van der Waals surface area contributed by atoms with Gasteiger partial charge in [0.1, 0.15) is 11.7 Å². The van der Waals surface area contributed by atoms with Crippen molar-refractivity contribution in [2.24, 2.45) is 16.8 Å². The molecule has 0 saturated heterocycles. The van der Waals surface area contributed by atoms with Crippen LogP contribution in [0.25, 0.3) is 11.3 Å². The molecule has 2 amide bonds. The highest BCUT2D eigenvalue weighted by Crippen LogP contribution is 2.35. The summed E-state index contributed by atoms with van der Waals surface area (Å²) in [7, 11) is 0. The molecule has 1 aromatic heterocycles. The molecule has 0 saturated carbocycles. The van der Waals surface area contributed by atoms with Crippen molar-refractivity contribution in [3.8, 4) is 11.3 Å². The van der Waals surface area contributed by atoms with Crippen LogP contribution in [0.4, 0.5) is 4.79 Å². The van der Waals surface area contributed by atoms with Gasteiger partial charge in [-0.3, -0.25) is 0 Å². The molecule has 0 radical (unpaired) electrons. The third kappa shape index (κ3) is 2.87. The van der Waals surface area contributed by atoms with Gasteiger partial charge in [0.2, 0.25) is 0 Å². The zero-order chi connectivity index (χ0) is 17.4. The summed E-state index contributed by atoms with van der Waals surface area (Å²) in [5.74, 6) is 0.767. The number of aromatic nitrogens is 1. The van der Waals surface area contributed by atoms with Crippen molar-refractivity contribution in [1.82, 2.24) is 10.2 Å². The van der Waals surface area contributed by atoms with Gasteiger partial charge in [-0.25, -0.2) is 9.80 Å². The first kappa shape index (κ1) is 15.4. The van der Waals surface area contributed by atoms with Crippen molar-refractivity contribution in [1.29, 1.82) is 0 Å². The van der Waals surface area contributed by atoms with E-state index in [2.05, 4.69) is 10.3 Å². The molecule has 2 aliphatic rings. The van der Waals surface area contributed by atoms with E-state index >= 15 is 0 Å². The highest BCUT2D eigenvalue weighted by Gasteiger charge is 2.35. The Labute approximate surface area is 145 Å². The van der Waals surface area contributed by atoms with Crippen molar-refractivity contribution < 1.29 is 9.32 Å². The van der Waals surface area contributed by atoms with Crippen molar-refractivity contribution >= 4 is 11.7 Å². The largest absolute Gasteiger partial charge is 0.356 e. The van der Waals surface area contributed by atoms with E-state index in [-0.39, 0.29) is 12.0 Å². The summed E-state index contributed by atoms with van der Waals surface area (Å²) < 4.78 is 5.48. The van der Waals surface area contributed by atoms with Crippen molar-refractivity contribution in [2.75, 3.05) is 0 Å². The Kier molecular flexibility index (Phi) is 3.72. The van der Waals surface area contributed by atoms with Crippen molar-refractivity contribution in [2.45, 2.75) is 19.4 Å². The Morgan fingerprint density at radius 3 is 2.64 bits per heavy atom. The number of nitrogens with zero attached hydrogens (tertiary/aromatic N) is 3. The minimum atomic E-state index is -0.592. The van der Waals surface area contributed by atoms with E-state index in [1.807, 2.05) is 61.6 Å². The van der Waals surface area contributed by atoms with E-state index in [4.69, 9.17) is 10.3 Å². The molecule has 0 spiro atoms. The fourth-order valence-electron chi connectivity index (χ4n) is 3.12. The van der Waals surface area contributed by atoms with E-state index in [1.54, 1.807) is 0 Å². The van der Waals surface area contributed by atoms with E-state index < -0.39 is 6.03 Å². The van der Waals surface area contributed by atoms with E-state index in [0.717, 1.165) is 11.3 Å². The van der Waals surface area contributed by atoms with Gasteiger partial charge in [0.05, 0.1) is 5.71 Å². The second-order valence-electron chi connectivity index (χ2n) is 6.27. The predicted octanol–water partition coefficient (Wildman–Crippen LogP) is 3.57. The number of nitrogens with two attached hydrogens (primary N) is 1. The fourth-order valence-corrected chi connectivity index (χ4v) is 3.12. The number of carbonyl (C=O) groups excluding carboxylic acids is 1. The van der Waals surface area contributed by atoms with Crippen LogP contribution >= 0.6 is 0 Å². The van der Waals surface area contributed by atoms with E-state index in [0.29, 0.717) is 17.9 Å². The summed E-state index contributed by atoms with van der Waals surface area (Å²) in [6.45, 7) is 2.03. The van der Waals surface area contributed by atoms with Crippen LogP contribution in [0, 0.1) is 12.8 Å². The van der Waals surface area contributed by atoms with Gasteiger partial charge in [0.25, 0.3) is 0 Å². The molecule has 1 aliphatic carbocycles. The normalized spacial score (nSPS) is 19.6. The van der Waals surface area contributed by atoms with Crippen LogP contribution in [-0.4, -0.2) is 21.9 Å². The highest BCUT2D eigenvalue weighted by atomic mass is 16.5. The number of primary amides is 1. The van der Waals surface area contributed by atoms with Gasteiger partial charge in [-0.15, -0.1) is 0 Å². The molecule has 1 aromatic carbocycles. The standard InChI is InChI=1S/C19H18N4O2/c1-12-6-8-14(9-7-12)18-11-16(22-25-18)17-10-15(13-4-2-3-5-13)21-23(17)19(20)24/h2-9,11,13,17H,10H2,1H3,(H2,20,24). The second kappa shape index (κ2) is 6.05. The molecule has 1 unspecified atom stereocenters. The number of hydrazone groups is 1. The lowest BCUT2D eigenvalue weighted by Crippen LogP contribution is -2.32. The summed E-state index contributed by atoms with van der Waals surface area (Å²) in [5, 5.41) is 9.87. The number of hydrogen-bond acceptors (Lipinski definition) is 4. The number of amides is 2. The molecular formula is C19H18N4O2. The summed E-state index contributed by atoms with van der Waals surface area (Å²) in [6, 6.07) is 8.92. The molecule has 1 aliphatic heterocycles. The van der Waals surface area contributed by atoms with Crippen LogP contribution in [0.3, 0.4) is 0 Å². The third-order valence-electron chi connectivity index (χ3n) is 4.50. The Morgan fingerprint density at radius 2 is 1.96 bits per heavy atom. The summed E-state index contributed by atoms with van der Waals surface area (Å²) in [5.41, 5.74) is 9.17. The third-order valence-corrected chi connectivity index (χ3v) is 4.50. The highest BCUT2D eigenvalue weighted by molar-refractivity contribution is 5.94. The molecule has 2 N–H and O–H groups in total. The van der Waals surface area contributed by atoms with Crippen LogP contribution in [0.5, 0.6) is 0 Å². The first-order valence-corrected chi connectivity index (χ1v) is 8.16. The average molecular weight is 334 g/mol. The lowest BCUT2D eigenvalue weighted by Gasteiger charge is -2.16. The topological polar surface area (TPSA) is 84.7 Å². The zero-order valence-electron chi connectivity index (χ0n) is 13.8. The summed E-state index contributed by atoms with van der Waals surface area (Å²) in [4.78, 5) is 11.8. The Balaban J connectivity index is 1.61. The predicted molar refractivity (Wildman–Crippen MR) is 94.7 cm³/mol. The van der Waals surface area contributed by atoms with Gasteiger partial charge in [-0.2, -0.15) is 5.10 Å². The molecule has 2 heterocycles. The number of aryl methyl sites for hydroxylation is 1. The maximum absolute atomic E-state index is 11.8. The van der Waals surface area contributed by atoms with Gasteiger partial charge >= 0.3 is 6.03 Å². The van der Waals surface area contributed by atoms with Gasteiger partial charge in [-0.1, -0.05) is 59.3 Å². The molecule has 4 rings (SSSR count). The van der Waals surface area contributed by atoms with Gasteiger partial charge in [0.15, 0.2) is 5.76 Å². The first-order chi connectivity index (χ1) is 12.1. The Bertz CT molecular complexity index is 880. The SMILES string of the molecule is Cc1ccc(-c2cc(C3CC(C4C=CC=C4)=NN3C(N)=O)no2)cc1. The molecule has 1 atom stereocenters. The van der Waals surface area contributed by atoms with E-state index in [1.165, 1.54) is 10.6 Å². The quantitative estimate of drug-likeness (QED) is 0.931. The van der Waals surface area contributed by atoms with Crippen molar-refractivity contribution in [3.05, 3.63) is 65.9 Å². The van der Waals surface area contributed by atoms with Gasteiger partial charge < -0.3 is 10.3 Å². The summed E-state index contributed by atoms with van der Waals surface area (Å²) in [6.07, 6.45) is 8.62. The molecule has 6 nitrogen and oxygen atoms in total. The molecule has 2 aromatic rings. The Hall–Kier alpha value is -3.15. The molecule has 6 heteroatoms. The number of rotatable bonds is 3. The number of urea groups is 1. The smallest absolute Gasteiger partial charge is 0.335 e. The summed E-state index contributed by atoms with van der Waals surface area (Å²) >= 11 is 0. The molecule has 0 bridgehead atoms. The van der Waals surface area contributed by atoms with Crippen molar-refractivity contribution in [3.63, 3.8) is 0 Å². The monoisotopic (exact) mass is 334 g/mol. The lowest BCUT2D eigenvalue weighted by atomic mass is 9.98.